The summed E-state index contributed by atoms with van der Waals surface area (Å²) in [5, 5.41) is 10.5. The van der Waals surface area contributed by atoms with Crippen molar-refractivity contribution in [3.05, 3.63) is 28.4 Å². The van der Waals surface area contributed by atoms with E-state index < -0.39 is 4.92 Å². The third-order valence-corrected chi connectivity index (χ3v) is 3.09. The summed E-state index contributed by atoms with van der Waals surface area (Å²) in [4.78, 5) is 27.2. The monoisotopic (exact) mass is 250 g/mol. The van der Waals surface area contributed by atoms with Crippen LogP contribution in [0.5, 0.6) is 0 Å². The average molecular weight is 250 g/mol. The minimum Gasteiger partial charge on any atom is -0.369 e. The van der Waals surface area contributed by atoms with Gasteiger partial charge in [0.1, 0.15) is 12.0 Å². The third kappa shape index (κ3) is 2.55. The van der Waals surface area contributed by atoms with Crippen LogP contribution >= 0.6 is 0 Å². The number of carbonyl (C=O) groups is 1. The van der Waals surface area contributed by atoms with Crippen LogP contribution in [0.3, 0.4) is 0 Å². The Balaban J connectivity index is 2.11. The van der Waals surface area contributed by atoms with Crippen molar-refractivity contribution in [1.82, 2.24) is 4.98 Å². The van der Waals surface area contributed by atoms with Crippen LogP contribution in [0.15, 0.2) is 18.3 Å². The fourth-order valence-corrected chi connectivity index (χ4v) is 2.09. The van der Waals surface area contributed by atoms with E-state index in [2.05, 4.69) is 4.98 Å². The van der Waals surface area contributed by atoms with Gasteiger partial charge in [-0.2, -0.15) is 0 Å². The van der Waals surface area contributed by atoms with Crippen LogP contribution in [-0.2, 0) is 4.79 Å². The Morgan fingerprint density at radius 3 is 2.89 bits per heavy atom. The number of aromatic nitrogens is 1. The summed E-state index contributed by atoms with van der Waals surface area (Å²) < 4.78 is 0. The van der Waals surface area contributed by atoms with E-state index in [9.17, 15) is 14.9 Å². The third-order valence-electron chi connectivity index (χ3n) is 3.09. The zero-order valence-corrected chi connectivity index (χ0v) is 9.78. The van der Waals surface area contributed by atoms with Gasteiger partial charge in [0, 0.05) is 19.2 Å². The lowest BCUT2D eigenvalue weighted by Crippen LogP contribution is -2.41. The van der Waals surface area contributed by atoms with E-state index in [4.69, 9.17) is 5.73 Å². The van der Waals surface area contributed by atoms with E-state index in [1.165, 1.54) is 12.3 Å². The van der Waals surface area contributed by atoms with Gasteiger partial charge in [-0.15, -0.1) is 0 Å². The number of nitrogens with zero attached hydrogens (tertiary/aromatic N) is 3. The maximum Gasteiger partial charge on any atom is 0.287 e. The quantitative estimate of drug-likeness (QED) is 0.628. The zero-order valence-electron chi connectivity index (χ0n) is 9.78. The average Bonchev–Trinajstić information content (AvgIpc) is 2.39. The molecule has 1 aliphatic heterocycles. The molecule has 1 amide bonds. The van der Waals surface area contributed by atoms with Gasteiger partial charge >= 0.3 is 0 Å². The molecule has 18 heavy (non-hydrogen) atoms. The van der Waals surface area contributed by atoms with E-state index in [0.29, 0.717) is 12.4 Å². The van der Waals surface area contributed by atoms with Crippen molar-refractivity contribution >= 4 is 17.4 Å². The van der Waals surface area contributed by atoms with Crippen LogP contribution in [-0.4, -0.2) is 28.9 Å². The molecule has 0 saturated carbocycles. The number of amides is 1. The van der Waals surface area contributed by atoms with Gasteiger partial charge in [0.05, 0.1) is 10.8 Å². The largest absolute Gasteiger partial charge is 0.369 e. The van der Waals surface area contributed by atoms with Crippen molar-refractivity contribution in [3.8, 4) is 0 Å². The molecule has 1 aromatic heterocycles. The van der Waals surface area contributed by atoms with Crippen LogP contribution in [0.1, 0.15) is 12.8 Å². The van der Waals surface area contributed by atoms with E-state index in [1.54, 1.807) is 6.07 Å². The Hall–Kier alpha value is -2.18. The summed E-state index contributed by atoms with van der Waals surface area (Å²) in [6.07, 6.45) is 2.88. The number of nitro groups is 1. The fourth-order valence-electron chi connectivity index (χ4n) is 2.09. The molecule has 0 bridgehead atoms. The molecule has 0 radical (unpaired) electrons. The van der Waals surface area contributed by atoms with Crippen LogP contribution in [0.2, 0.25) is 0 Å². The van der Waals surface area contributed by atoms with Crippen molar-refractivity contribution < 1.29 is 9.72 Å². The van der Waals surface area contributed by atoms with E-state index in [-0.39, 0.29) is 17.5 Å². The topological polar surface area (TPSA) is 102 Å². The first-order chi connectivity index (χ1) is 8.58. The second kappa shape index (κ2) is 4.99. The van der Waals surface area contributed by atoms with E-state index >= 15 is 0 Å². The van der Waals surface area contributed by atoms with Gasteiger partial charge in [-0.25, -0.2) is 4.98 Å². The lowest BCUT2D eigenvalue weighted by Gasteiger charge is -2.31. The minimum atomic E-state index is -0.487. The molecule has 7 nitrogen and oxygen atoms in total. The molecule has 2 rings (SSSR count). The molecular weight excluding hydrogens is 236 g/mol. The Morgan fingerprint density at radius 1 is 1.56 bits per heavy atom. The molecule has 96 valence electrons. The lowest BCUT2D eigenvalue weighted by molar-refractivity contribution is -0.385. The number of carbonyl (C=O) groups excluding carboxylic acids is 1. The second-order valence-corrected chi connectivity index (χ2v) is 4.32. The summed E-state index contributed by atoms with van der Waals surface area (Å²) in [7, 11) is 0. The number of pyridine rings is 1. The molecule has 1 aliphatic rings. The first-order valence-corrected chi connectivity index (χ1v) is 5.72. The normalized spacial score (nSPS) is 19.6. The van der Waals surface area contributed by atoms with Gasteiger partial charge in [-0.1, -0.05) is 0 Å². The van der Waals surface area contributed by atoms with E-state index in [1.807, 2.05) is 4.90 Å². The van der Waals surface area contributed by atoms with Crippen molar-refractivity contribution in [3.63, 3.8) is 0 Å². The molecule has 2 heterocycles. The summed E-state index contributed by atoms with van der Waals surface area (Å²) in [5.41, 5.74) is 5.26. The molecule has 1 atom stereocenters. The van der Waals surface area contributed by atoms with Crippen molar-refractivity contribution in [2.75, 3.05) is 18.0 Å². The van der Waals surface area contributed by atoms with Crippen molar-refractivity contribution in [1.29, 1.82) is 0 Å². The molecule has 0 unspecified atom stereocenters. The number of nitrogens with two attached hydrogens (primary N) is 1. The molecule has 1 saturated heterocycles. The Labute approximate surface area is 104 Å². The highest BCUT2D eigenvalue weighted by Crippen LogP contribution is 2.22. The van der Waals surface area contributed by atoms with Gasteiger partial charge < -0.3 is 10.6 Å². The number of rotatable bonds is 3. The van der Waals surface area contributed by atoms with Crippen molar-refractivity contribution in [2.24, 2.45) is 11.7 Å². The van der Waals surface area contributed by atoms with Gasteiger partial charge in [-0.3, -0.25) is 14.9 Å². The van der Waals surface area contributed by atoms with E-state index in [0.717, 1.165) is 19.4 Å². The summed E-state index contributed by atoms with van der Waals surface area (Å²) >= 11 is 0. The van der Waals surface area contributed by atoms with Gasteiger partial charge in [-0.05, 0) is 18.9 Å². The van der Waals surface area contributed by atoms with Gasteiger partial charge in [0.2, 0.25) is 5.91 Å². The fraction of sp³-hybridized carbons (Fsp3) is 0.455. The molecule has 0 aliphatic carbocycles. The molecule has 1 fully saturated rings. The van der Waals surface area contributed by atoms with Crippen LogP contribution in [0.4, 0.5) is 11.5 Å². The number of hydrogen-bond donors (Lipinski definition) is 1. The maximum absolute atomic E-state index is 11.2. The molecule has 1 aromatic rings. The first kappa shape index (κ1) is 12.3. The lowest BCUT2D eigenvalue weighted by atomic mass is 9.97. The summed E-state index contributed by atoms with van der Waals surface area (Å²) in [5.74, 6) is 0.170. The molecule has 7 heteroatoms. The minimum absolute atomic E-state index is 0.0396. The standard InChI is InChI=1S/C11H14N4O3/c12-11(16)8-2-1-5-14(7-8)10-4-3-9(6-13-10)15(17)18/h3-4,6,8H,1-2,5,7H2,(H2,12,16)/t8-/m1/s1. The SMILES string of the molecule is NC(=O)[C@@H]1CCCN(c2ccc([N+](=O)[O-])cn2)C1. The molecule has 2 N–H and O–H groups in total. The highest BCUT2D eigenvalue weighted by atomic mass is 16.6. The summed E-state index contributed by atoms with van der Waals surface area (Å²) in [6, 6.07) is 3.01. The maximum atomic E-state index is 11.2. The molecule has 0 spiro atoms. The van der Waals surface area contributed by atoms with Crippen molar-refractivity contribution in [2.45, 2.75) is 12.8 Å². The predicted octanol–water partition coefficient (Wildman–Crippen LogP) is 0.691. The second-order valence-electron chi connectivity index (χ2n) is 4.32. The van der Waals surface area contributed by atoms with Crippen LogP contribution in [0, 0.1) is 16.0 Å². The summed E-state index contributed by atoms with van der Waals surface area (Å²) in [6.45, 7) is 1.31. The zero-order chi connectivity index (χ0) is 13.1. The highest BCUT2D eigenvalue weighted by Gasteiger charge is 2.24. The number of hydrogen-bond acceptors (Lipinski definition) is 5. The Morgan fingerprint density at radius 2 is 2.33 bits per heavy atom. The first-order valence-electron chi connectivity index (χ1n) is 5.72. The van der Waals surface area contributed by atoms with Gasteiger partial charge in [0.25, 0.3) is 5.69 Å². The Bertz CT molecular complexity index is 460. The highest BCUT2D eigenvalue weighted by molar-refractivity contribution is 5.77. The Kier molecular flexibility index (Phi) is 3.40. The number of primary amides is 1. The van der Waals surface area contributed by atoms with Crippen LogP contribution < -0.4 is 10.6 Å². The van der Waals surface area contributed by atoms with Gasteiger partial charge in [0.15, 0.2) is 0 Å². The number of piperidine rings is 1. The smallest absolute Gasteiger partial charge is 0.287 e. The molecule has 0 aromatic carbocycles. The van der Waals surface area contributed by atoms with Crippen LogP contribution in [0.25, 0.3) is 0 Å². The predicted molar refractivity (Wildman–Crippen MR) is 65.0 cm³/mol. The number of anilines is 1. The molecular formula is C11H14N4O3.